The van der Waals surface area contributed by atoms with Gasteiger partial charge in [-0.25, -0.2) is 4.79 Å². The van der Waals surface area contributed by atoms with Crippen LogP contribution in [0.25, 0.3) is 6.08 Å². The molecular weight excluding hydrogens is 454 g/mol. The summed E-state index contributed by atoms with van der Waals surface area (Å²) < 4.78 is 10.9. The van der Waals surface area contributed by atoms with Gasteiger partial charge in [0, 0.05) is 29.9 Å². The molecule has 1 saturated heterocycles. The molecule has 0 saturated carbocycles. The number of morpholine rings is 1. The van der Waals surface area contributed by atoms with Gasteiger partial charge in [-0.3, -0.25) is 4.79 Å². The van der Waals surface area contributed by atoms with Crippen molar-refractivity contribution in [2.24, 2.45) is 5.92 Å². The van der Waals surface area contributed by atoms with E-state index in [0.29, 0.717) is 24.9 Å². The smallest absolute Gasteiger partial charge is 0.344 e. The molecule has 4 rings (SSSR count). The van der Waals surface area contributed by atoms with E-state index in [-0.39, 0.29) is 5.78 Å². The van der Waals surface area contributed by atoms with Gasteiger partial charge in [0.15, 0.2) is 11.9 Å². The number of carbonyl (C=O) groups excluding carboxylic acids is 1. The van der Waals surface area contributed by atoms with Gasteiger partial charge in [0.25, 0.3) is 0 Å². The van der Waals surface area contributed by atoms with Crippen LogP contribution in [-0.2, 0) is 9.53 Å². The molecular formula is C30H33NO5. The van der Waals surface area contributed by atoms with Crippen molar-refractivity contribution in [3.05, 3.63) is 89.5 Å². The Morgan fingerprint density at radius 3 is 2.78 bits per heavy atom. The van der Waals surface area contributed by atoms with Gasteiger partial charge in [0.2, 0.25) is 0 Å². The number of carboxylic acids is 1. The number of nitrogens with zero attached hydrogens (tertiary/aromatic N) is 1. The topological polar surface area (TPSA) is 76.1 Å². The van der Waals surface area contributed by atoms with Gasteiger partial charge in [0.1, 0.15) is 5.75 Å². The molecule has 2 aromatic rings. The summed E-state index contributed by atoms with van der Waals surface area (Å²) in [5.41, 5.74) is 3.60. The minimum Gasteiger partial charge on any atom is -0.479 e. The number of ether oxygens (including phenoxy) is 2. The molecule has 0 radical (unpaired) electrons. The van der Waals surface area contributed by atoms with Crippen LogP contribution in [0.3, 0.4) is 0 Å². The molecule has 0 spiro atoms. The molecule has 2 aromatic carbocycles. The summed E-state index contributed by atoms with van der Waals surface area (Å²) in [6, 6.07) is 15.3. The number of ketones is 1. The van der Waals surface area contributed by atoms with E-state index >= 15 is 0 Å². The van der Waals surface area contributed by atoms with Gasteiger partial charge in [-0.1, -0.05) is 54.6 Å². The first-order valence-corrected chi connectivity index (χ1v) is 12.5. The van der Waals surface area contributed by atoms with Gasteiger partial charge in [-0.05, 0) is 61.9 Å². The number of hydrogen-bond donors (Lipinski definition) is 1. The third kappa shape index (κ3) is 6.95. The predicted octanol–water partition coefficient (Wildman–Crippen LogP) is 5.55. The summed E-state index contributed by atoms with van der Waals surface area (Å²) in [6.07, 6.45) is 11.9. The predicted molar refractivity (Wildman–Crippen MR) is 142 cm³/mol. The van der Waals surface area contributed by atoms with E-state index in [4.69, 9.17) is 14.6 Å². The number of aliphatic carboxylic acids is 1. The van der Waals surface area contributed by atoms with E-state index in [9.17, 15) is 9.59 Å². The highest BCUT2D eigenvalue weighted by atomic mass is 16.5. The minimum atomic E-state index is -0.993. The Hall–Kier alpha value is -3.64. The highest BCUT2D eigenvalue weighted by Crippen LogP contribution is 2.26. The fourth-order valence-electron chi connectivity index (χ4n) is 4.41. The molecule has 1 unspecified atom stereocenters. The van der Waals surface area contributed by atoms with Crippen molar-refractivity contribution in [1.29, 1.82) is 0 Å². The molecule has 1 fully saturated rings. The third-order valence-electron chi connectivity index (χ3n) is 6.51. The SMILES string of the molecule is C[C@H](Oc1cccc(/C=C/CC2C=CC=C(C(=O)c3cccc(N4CCOCC4)c3)CC2)c1)C(=O)O. The first-order valence-electron chi connectivity index (χ1n) is 12.5. The van der Waals surface area contributed by atoms with Gasteiger partial charge in [0.05, 0.1) is 13.2 Å². The van der Waals surface area contributed by atoms with Gasteiger partial charge >= 0.3 is 5.97 Å². The number of rotatable bonds is 9. The maximum Gasteiger partial charge on any atom is 0.344 e. The fourth-order valence-corrected chi connectivity index (χ4v) is 4.41. The number of Topliss-reactive ketones (excluding diaryl/α,β-unsaturated/α-hetero) is 1. The zero-order chi connectivity index (χ0) is 25.3. The van der Waals surface area contributed by atoms with Crippen LogP contribution in [0.4, 0.5) is 5.69 Å². The van der Waals surface area contributed by atoms with Crippen LogP contribution >= 0.6 is 0 Å². The largest absolute Gasteiger partial charge is 0.479 e. The molecule has 2 aliphatic rings. The number of hydrogen-bond acceptors (Lipinski definition) is 5. The molecule has 1 aliphatic carbocycles. The van der Waals surface area contributed by atoms with Crippen LogP contribution in [0.1, 0.15) is 42.1 Å². The highest BCUT2D eigenvalue weighted by molar-refractivity contribution is 6.09. The second kappa shape index (κ2) is 12.4. The van der Waals surface area contributed by atoms with Crippen molar-refractivity contribution in [3.8, 4) is 5.75 Å². The summed E-state index contributed by atoms with van der Waals surface area (Å²) in [5.74, 6) is -0.0221. The standard InChI is InChI=1S/C30H33NO5/c1-22(30(33)34)36-28-13-4-9-24(20-28)8-2-6-23-7-3-10-25(15-14-23)29(32)26-11-5-12-27(21-26)31-16-18-35-19-17-31/h2-5,7-13,20-23H,6,14-19H2,1H3,(H,33,34)/b8-2+/t22-,23?/m0/s1. The van der Waals surface area contributed by atoms with E-state index < -0.39 is 12.1 Å². The summed E-state index contributed by atoms with van der Waals surface area (Å²) in [6.45, 7) is 4.63. The Morgan fingerprint density at radius 2 is 1.97 bits per heavy atom. The second-order valence-electron chi connectivity index (χ2n) is 9.16. The lowest BCUT2D eigenvalue weighted by Crippen LogP contribution is -2.36. The van der Waals surface area contributed by atoms with Crippen molar-refractivity contribution in [2.45, 2.75) is 32.3 Å². The molecule has 1 aliphatic heterocycles. The molecule has 6 heteroatoms. The zero-order valence-electron chi connectivity index (χ0n) is 20.6. The first kappa shape index (κ1) is 25.5. The monoisotopic (exact) mass is 487 g/mol. The first-order chi connectivity index (χ1) is 17.5. The lowest BCUT2D eigenvalue weighted by molar-refractivity contribution is -0.144. The third-order valence-corrected chi connectivity index (χ3v) is 6.51. The quantitative estimate of drug-likeness (QED) is 0.467. The van der Waals surface area contributed by atoms with Crippen molar-refractivity contribution in [1.82, 2.24) is 0 Å². The van der Waals surface area contributed by atoms with E-state index in [0.717, 1.165) is 54.7 Å². The summed E-state index contributed by atoms with van der Waals surface area (Å²) >= 11 is 0. The average molecular weight is 488 g/mol. The Labute approximate surface area is 212 Å². The molecule has 1 heterocycles. The average Bonchev–Trinajstić information content (AvgIpc) is 3.15. The van der Waals surface area contributed by atoms with Crippen LogP contribution in [0.2, 0.25) is 0 Å². The van der Waals surface area contributed by atoms with Crippen LogP contribution in [0.15, 0.2) is 78.4 Å². The minimum absolute atomic E-state index is 0.0957. The van der Waals surface area contributed by atoms with Gasteiger partial charge in [-0.15, -0.1) is 0 Å². The van der Waals surface area contributed by atoms with Gasteiger partial charge < -0.3 is 19.5 Å². The highest BCUT2D eigenvalue weighted by Gasteiger charge is 2.18. The summed E-state index contributed by atoms with van der Waals surface area (Å²) in [7, 11) is 0. The summed E-state index contributed by atoms with van der Waals surface area (Å²) in [4.78, 5) is 26.5. The number of anilines is 1. The number of carbonyl (C=O) groups is 2. The maximum absolute atomic E-state index is 13.2. The number of carboxylic acid groups (broad SMARTS) is 1. The Bertz CT molecular complexity index is 1160. The van der Waals surface area contributed by atoms with Crippen molar-refractivity contribution in [2.75, 3.05) is 31.2 Å². The zero-order valence-corrected chi connectivity index (χ0v) is 20.6. The molecule has 6 nitrogen and oxygen atoms in total. The van der Waals surface area contributed by atoms with Gasteiger partial charge in [-0.2, -0.15) is 0 Å². The molecule has 2 atom stereocenters. The van der Waals surface area contributed by atoms with E-state index in [1.807, 2.05) is 54.6 Å². The molecule has 0 aromatic heterocycles. The van der Waals surface area contributed by atoms with E-state index in [2.05, 4.69) is 23.1 Å². The lowest BCUT2D eigenvalue weighted by Gasteiger charge is -2.29. The Balaban J connectivity index is 1.31. The molecule has 0 bridgehead atoms. The Morgan fingerprint density at radius 1 is 1.17 bits per heavy atom. The molecule has 0 amide bonds. The number of benzene rings is 2. The maximum atomic E-state index is 13.2. The molecule has 1 N–H and O–H groups in total. The fraction of sp³-hybridized carbons (Fsp3) is 0.333. The van der Waals surface area contributed by atoms with Crippen molar-refractivity contribution in [3.63, 3.8) is 0 Å². The van der Waals surface area contributed by atoms with Crippen LogP contribution < -0.4 is 9.64 Å². The Kier molecular flexibility index (Phi) is 8.74. The van der Waals surface area contributed by atoms with Crippen molar-refractivity contribution < 1.29 is 24.2 Å². The van der Waals surface area contributed by atoms with E-state index in [1.54, 1.807) is 6.07 Å². The summed E-state index contributed by atoms with van der Waals surface area (Å²) in [5, 5.41) is 9.03. The van der Waals surface area contributed by atoms with Crippen LogP contribution in [-0.4, -0.2) is 49.3 Å². The number of allylic oxidation sites excluding steroid dienone is 5. The normalized spacial score (nSPS) is 19.0. The van der Waals surface area contributed by atoms with E-state index in [1.165, 1.54) is 6.92 Å². The van der Waals surface area contributed by atoms with Crippen LogP contribution in [0, 0.1) is 5.92 Å². The van der Waals surface area contributed by atoms with Crippen molar-refractivity contribution >= 4 is 23.5 Å². The molecule has 188 valence electrons. The molecule has 36 heavy (non-hydrogen) atoms. The van der Waals surface area contributed by atoms with Crippen LogP contribution in [0.5, 0.6) is 5.75 Å². The second-order valence-corrected chi connectivity index (χ2v) is 9.16. The lowest BCUT2D eigenvalue weighted by atomic mass is 9.94.